The van der Waals surface area contributed by atoms with Crippen LogP contribution in [0.2, 0.25) is 0 Å². The van der Waals surface area contributed by atoms with Gasteiger partial charge in [-0.3, -0.25) is 0 Å². The number of benzene rings is 2. The van der Waals surface area contributed by atoms with Crippen molar-refractivity contribution in [3.05, 3.63) is 95.2 Å². The largest absolute Gasteiger partial charge is 0.508 e. The molecule has 0 aliphatic carbocycles. The lowest BCUT2D eigenvalue weighted by atomic mass is 9.83. The number of furan rings is 1. The molecule has 0 amide bonds. The number of aryl methyl sites for hydroxylation is 1. The van der Waals surface area contributed by atoms with Gasteiger partial charge in [0.25, 0.3) is 0 Å². The van der Waals surface area contributed by atoms with Crippen LogP contribution in [0.1, 0.15) is 33.9 Å². The van der Waals surface area contributed by atoms with Gasteiger partial charge in [0.05, 0.1) is 12.2 Å². The molecule has 0 unspecified atom stereocenters. The van der Waals surface area contributed by atoms with E-state index in [0.29, 0.717) is 24.0 Å². The van der Waals surface area contributed by atoms with Gasteiger partial charge in [-0.2, -0.15) is 0 Å². The van der Waals surface area contributed by atoms with Crippen LogP contribution in [0.3, 0.4) is 0 Å². The van der Waals surface area contributed by atoms with Crippen LogP contribution in [0.15, 0.2) is 71.6 Å². The molecular weight excluding hydrogens is 366 g/mol. The summed E-state index contributed by atoms with van der Waals surface area (Å²) in [6, 6.07) is 17.2. The highest BCUT2D eigenvalue weighted by Gasteiger charge is 2.36. The lowest BCUT2D eigenvalue weighted by molar-refractivity contribution is -0.679. The number of phenolic OH excluding ortho intramolecular Hbond substituents is 1. The maximum absolute atomic E-state index is 9.93. The zero-order valence-electron chi connectivity index (χ0n) is 15.9. The molecule has 29 heavy (non-hydrogen) atoms. The molecule has 3 N–H and O–H groups in total. The second-order valence-corrected chi connectivity index (χ2v) is 7.22. The van der Waals surface area contributed by atoms with Gasteiger partial charge in [-0.15, -0.1) is 0 Å². The Morgan fingerprint density at radius 2 is 1.97 bits per heavy atom. The van der Waals surface area contributed by atoms with Crippen molar-refractivity contribution in [1.29, 1.82) is 0 Å². The third-order valence-corrected chi connectivity index (χ3v) is 5.25. The molecule has 1 atom stereocenters. The Morgan fingerprint density at radius 1 is 1.14 bits per heavy atom. The fourth-order valence-electron chi connectivity index (χ4n) is 3.78. The molecule has 0 radical (unpaired) electrons. The molecule has 0 bridgehead atoms. The predicted molar refractivity (Wildman–Crippen MR) is 107 cm³/mol. The summed E-state index contributed by atoms with van der Waals surface area (Å²) in [7, 11) is 0. The number of hydrogen-bond acceptors (Lipinski definition) is 5. The zero-order valence-corrected chi connectivity index (χ0v) is 15.9. The highest BCUT2D eigenvalue weighted by Crippen LogP contribution is 2.48. The summed E-state index contributed by atoms with van der Waals surface area (Å²) < 4.78 is 13.3. The van der Waals surface area contributed by atoms with E-state index < -0.39 is 0 Å². The number of hydrogen-bond donors (Lipinski definition) is 2. The maximum Gasteiger partial charge on any atom is 0.306 e. The van der Waals surface area contributed by atoms with Gasteiger partial charge in [0, 0.05) is 11.6 Å². The molecule has 6 nitrogen and oxygen atoms in total. The number of ether oxygens (including phenoxy) is 1. The Morgan fingerprint density at radius 3 is 2.72 bits per heavy atom. The molecule has 2 aromatic carbocycles. The second-order valence-electron chi connectivity index (χ2n) is 7.22. The van der Waals surface area contributed by atoms with Gasteiger partial charge < -0.3 is 20.0 Å². The molecule has 0 fully saturated rings. The molecule has 4 aromatic rings. The molecule has 5 rings (SSSR count). The number of fused-ring (bicyclic) bond motifs is 2. The first-order valence-electron chi connectivity index (χ1n) is 9.37. The van der Waals surface area contributed by atoms with Crippen LogP contribution in [0.5, 0.6) is 17.4 Å². The van der Waals surface area contributed by atoms with Crippen LogP contribution in [-0.2, 0) is 6.54 Å². The molecule has 1 aliphatic rings. The van der Waals surface area contributed by atoms with Gasteiger partial charge in [-0.25, -0.2) is 4.57 Å². The first kappa shape index (κ1) is 17.3. The lowest BCUT2D eigenvalue weighted by Gasteiger charge is -2.27. The number of aromatic hydroxyl groups is 1. The minimum Gasteiger partial charge on any atom is -0.508 e. The Kier molecular flexibility index (Phi) is 3.98. The molecule has 2 aromatic heterocycles. The molecule has 0 saturated carbocycles. The maximum atomic E-state index is 9.93. The Labute approximate surface area is 167 Å². The van der Waals surface area contributed by atoms with E-state index >= 15 is 0 Å². The molecule has 0 saturated heterocycles. The van der Waals surface area contributed by atoms with Gasteiger partial charge >= 0.3 is 5.88 Å². The second kappa shape index (κ2) is 6.67. The van der Waals surface area contributed by atoms with Gasteiger partial charge in [0.1, 0.15) is 29.4 Å². The van der Waals surface area contributed by atoms with Crippen LogP contribution in [0, 0.1) is 6.92 Å². The number of anilines is 1. The Bertz CT molecular complexity index is 1180. The normalized spacial score (nSPS) is 14.7. The van der Waals surface area contributed by atoms with Crippen molar-refractivity contribution in [3.8, 4) is 17.4 Å². The quantitative estimate of drug-likeness (QED) is 0.460. The van der Waals surface area contributed by atoms with E-state index in [-0.39, 0.29) is 11.7 Å². The van der Waals surface area contributed by atoms with Crippen molar-refractivity contribution < 1.29 is 18.8 Å². The SMILES string of the molecule is Cc1ccc([C@@H]2c3ccc(O)cc3Oc3nc[n+](Cc4ccco4)c(N)c32)cc1. The number of nitrogens with zero attached hydrogens (tertiary/aromatic N) is 2. The van der Waals surface area contributed by atoms with Crippen molar-refractivity contribution in [1.82, 2.24) is 4.98 Å². The first-order valence-corrected chi connectivity index (χ1v) is 9.37. The molecule has 3 heterocycles. The van der Waals surface area contributed by atoms with E-state index in [1.54, 1.807) is 24.7 Å². The summed E-state index contributed by atoms with van der Waals surface area (Å²) in [5, 5.41) is 9.93. The van der Waals surface area contributed by atoms with Gasteiger partial charge in [0.15, 0.2) is 0 Å². The number of nitrogen functional groups attached to an aromatic ring is 1. The summed E-state index contributed by atoms with van der Waals surface area (Å²) in [4.78, 5) is 4.52. The molecule has 0 spiro atoms. The molecular formula is C23H20N3O3+. The fraction of sp³-hybridized carbons (Fsp3) is 0.130. The Hall–Kier alpha value is -3.80. The minimum atomic E-state index is -0.161. The summed E-state index contributed by atoms with van der Waals surface area (Å²) in [6.45, 7) is 2.53. The van der Waals surface area contributed by atoms with Crippen LogP contribution in [-0.4, -0.2) is 10.1 Å². The average Bonchev–Trinajstić information content (AvgIpc) is 3.22. The highest BCUT2D eigenvalue weighted by atomic mass is 16.5. The van der Waals surface area contributed by atoms with Crippen molar-refractivity contribution in [2.45, 2.75) is 19.4 Å². The topological polar surface area (TPSA) is 85.4 Å². The predicted octanol–water partition coefficient (Wildman–Crippen LogP) is 3.89. The minimum absolute atomic E-state index is 0.145. The third kappa shape index (κ3) is 2.99. The first-order chi connectivity index (χ1) is 14.1. The van der Waals surface area contributed by atoms with Crippen LogP contribution < -0.4 is 15.0 Å². The van der Waals surface area contributed by atoms with Gasteiger partial charge in [0.2, 0.25) is 12.1 Å². The number of nitrogens with two attached hydrogens (primary N) is 1. The van der Waals surface area contributed by atoms with E-state index in [0.717, 1.165) is 22.5 Å². The van der Waals surface area contributed by atoms with Crippen LogP contribution in [0.25, 0.3) is 0 Å². The standard InChI is InChI=1S/C23H19N3O3/c1-14-4-6-15(7-5-14)20-18-9-8-16(27)11-19(18)29-23-21(20)22(24)26(13-25-23)12-17-3-2-10-28-17/h2-11,13,20,24,27H,12H2,1H3/p+1/t20-/m1/s1. The summed E-state index contributed by atoms with van der Waals surface area (Å²) in [5.41, 5.74) is 10.6. The van der Waals surface area contributed by atoms with Crippen LogP contribution >= 0.6 is 0 Å². The molecule has 1 aliphatic heterocycles. The average molecular weight is 386 g/mol. The highest BCUT2D eigenvalue weighted by molar-refractivity contribution is 5.62. The van der Waals surface area contributed by atoms with E-state index in [1.165, 1.54) is 5.56 Å². The van der Waals surface area contributed by atoms with Crippen molar-refractivity contribution >= 4 is 5.82 Å². The van der Waals surface area contributed by atoms with Crippen molar-refractivity contribution in [2.24, 2.45) is 0 Å². The summed E-state index contributed by atoms with van der Waals surface area (Å²) in [6.07, 6.45) is 3.29. The number of phenols is 1. The Balaban J connectivity index is 1.70. The molecule has 144 valence electrons. The van der Waals surface area contributed by atoms with E-state index in [4.69, 9.17) is 14.9 Å². The molecule has 6 heteroatoms. The van der Waals surface area contributed by atoms with Crippen LogP contribution in [0.4, 0.5) is 5.82 Å². The third-order valence-electron chi connectivity index (χ3n) is 5.25. The monoisotopic (exact) mass is 386 g/mol. The number of rotatable bonds is 3. The van der Waals surface area contributed by atoms with Gasteiger partial charge in [-0.05, 0) is 30.7 Å². The summed E-state index contributed by atoms with van der Waals surface area (Å²) in [5.74, 6) is 2.37. The van der Waals surface area contributed by atoms with Crippen molar-refractivity contribution in [3.63, 3.8) is 0 Å². The lowest BCUT2D eigenvalue weighted by Crippen LogP contribution is -2.40. The van der Waals surface area contributed by atoms with Gasteiger partial charge in [-0.1, -0.05) is 40.9 Å². The van der Waals surface area contributed by atoms with E-state index in [9.17, 15) is 5.11 Å². The zero-order chi connectivity index (χ0) is 20.0. The smallest absolute Gasteiger partial charge is 0.306 e. The van der Waals surface area contributed by atoms with E-state index in [1.807, 2.05) is 22.8 Å². The van der Waals surface area contributed by atoms with Crippen molar-refractivity contribution in [2.75, 3.05) is 5.73 Å². The fourth-order valence-corrected chi connectivity index (χ4v) is 3.78. The summed E-state index contributed by atoms with van der Waals surface area (Å²) >= 11 is 0. The number of aromatic nitrogens is 2. The van der Waals surface area contributed by atoms with E-state index in [2.05, 4.69) is 36.2 Å².